The number of carbonyl (C=O) groups is 1. The van der Waals surface area contributed by atoms with Crippen LogP contribution < -0.4 is 14.8 Å². The Bertz CT molecular complexity index is 825. The van der Waals surface area contributed by atoms with E-state index in [9.17, 15) is 9.18 Å². The Labute approximate surface area is 165 Å². The molecule has 1 aliphatic rings. The normalized spacial score (nSPS) is 13.2. The van der Waals surface area contributed by atoms with Crippen LogP contribution in [0, 0.1) is 5.82 Å². The summed E-state index contributed by atoms with van der Waals surface area (Å²) in [6, 6.07) is 10.7. The molecule has 0 bridgehead atoms. The third-order valence-electron chi connectivity index (χ3n) is 5.09. The number of halogens is 1. The predicted molar refractivity (Wildman–Crippen MR) is 106 cm³/mol. The number of rotatable bonds is 8. The van der Waals surface area contributed by atoms with Gasteiger partial charge in [0.15, 0.2) is 11.5 Å². The first-order chi connectivity index (χ1) is 13.6. The Morgan fingerprint density at radius 3 is 2.57 bits per heavy atom. The molecule has 1 amide bonds. The summed E-state index contributed by atoms with van der Waals surface area (Å²) in [6.45, 7) is 2.45. The number of hydrogen-bond acceptors (Lipinski definition) is 4. The van der Waals surface area contributed by atoms with Crippen molar-refractivity contribution in [2.45, 2.75) is 32.4 Å². The minimum Gasteiger partial charge on any atom is -0.493 e. The molecule has 0 spiro atoms. The topological polar surface area (TPSA) is 50.8 Å². The highest BCUT2D eigenvalue weighted by atomic mass is 19.1. The van der Waals surface area contributed by atoms with Gasteiger partial charge in [0.2, 0.25) is 5.91 Å². The molecule has 0 atom stereocenters. The summed E-state index contributed by atoms with van der Waals surface area (Å²) >= 11 is 0. The van der Waals surface area contributed by atoms with Gasteiger partial charge in [0.1, 0.15) is 5.82 Å². The summed E-state index contributed by atoms with van der Waals surface area (Å²) in [5.74, 6) is 1.35. The second-order valence-electron chi connectivity index (χ2n) is 6.91. The fourth-order valence-corrected chi connectivity index (χ4v) is 3.48. The van der Waals surface area contributed by atoms with Crippen molar-refractivity contribution < 1.29 is 18.7 Å². The van der Waals surface area contributed by atoms with Gasteiger partial charge in [0, 0.05) is 31.6 Å². The monoisotopic (exact) mass is 386 g/mol. The quantitative estimate of drug-likeness (QED) is 0.708. The number of hydrogen-bond donors (Lipinski definition) is 1. The van der Waals surface area contributed by atoms with Crippen LogP contribution in [0.3, 0.4) is 0 Å². The van der Waals surface area contributed by atoms with E-state index < -0.39 is 0 Å². The average molecular weight is 386 g/mol. The summed E-state index contributed by atoms with van der Waals surface area (Å²) in [4.78, 5) is 14.4. The van der Waals surface area contributed by atoms with E-state index in [0.717, 1.165) is 24.2 Å². The van der Waals surface area contributed by atoms with Gasteiger partial charge < -0.3 is 19.7 Å². The van der Waals surface area contributed by atoms with Crippen LogP contribution in [0.15, 0.2) is 36.4 Å². The second kappa shape index (κ2) is 9.55. The van der Waals surface area contributed by atoms with Gasteiger partial charge in [-0.3, -0.25) is 4.79 Å². The van der Waals surface area contributed by atoms with Gasteiger partial charge in [0.05, 0.1) is 14.2 Å². The number of fused-ring (bicyclic) bond motifs is 1. The van der Waals surface area contributed by atoms with Crippen molar-refractivity contribution in [3.63, 3.8) is 0 Å². The van der Waals surface area contributed by atoms with Crippen LogP contribution >= 0.6 is 0 Å². The van der Waals surface area contributed by atoms with Crippen LogP contribution in [-0.4, -0.2) is 38.1 Å². The highest BCUT2D eigenvalue weighted by molar-refractivity contribution is 5.76. The molecular weight excluding hydrogens is 359 g/mol. The van der Waals surface area contributed by atoms with E-state index in [0.29, 0.717) is 43.9 Å². The van der Waals surface area contributed by atoms with Gasteiger partial charge in [-0.25, -0.2) is 4.39 Å². The largest absolute Gasteiger partial charge is 0.493 e. The van der Waals surface area contributed by atoms with Crippen LogP contribution in [0.5, 0.6) is 11.5 Å². The molecule has 6 heteroatoms. The van der Waals surface area contributed by atoms with E-state index in [-0.39, 0.29) is 11.7 Å². The lowest BCUT2D eigenvalue weighted by Crippen LogP contribution is -2.36. The van der Waals surface area contributed by atoms with E-state index in [1.807, 2.05) is 23.1 Å². The Hall–Kier alpha value is -2.60. The van der Waals surface area contributed by atoms with Gasteiger partial charge >= 0.3 is 0 Å². The summed E-state index contributed by atoms with van der Waals surface area (Å²) in [6.07, 6.45) is 2.02. The molecule has 0 fully saturated rings. The van der Waals surface area contributed by atoms with Crippen molar-refractivity contribution in [1.82, 2.24) is 10.2 Å². The SMILES string of the molecule is COc1cc2c(cc1OC)CN(C(=O)CCCNCc1ccccc1F)CC2. The van der Waals surface area contributed by atoms with Crippen LogP contribution in [0.2, 0.25) is 0 Å². The Morgan fingerprint density at radius 1 is 1.14 bits per heavy atom. The number of amides is 1. The zero-order valence-corrected chi connectivity index (χ0v) is 16.5. The summed E-state index contributed by atoms with van der Waals surface area (Å²) < 4.78 is 24.3. The lowest BCUT2D eigenvalue weighted by atomic mass is 9.98. The van der Waals surface area contributed by atoms with Crippen molar-refractivity contribution in [1.29, 1.82) is 0 Å². The van der Waals surface area contributed by atoms with Crippen LogP contribution in [0.4, 0.5) is 4.39 Å². The zero-order valence-electron chi connectivity index (χ0n) is 16.5. The number of ether oxygens (including phenoxy) is 2. The predicted octanol–water partition coefficient (Wildman–Crippen LogP) is 3.30. The molecule has 0 unspecified atom stereocenters. The van der Waals surface area contributed by atoms with Gasteiger partial charge in [-0.15, -0.1) is 0 Å². The average Bonchev–Trinajstić information content (AvgIpc) is 2.73. The molecule has 2 aromatic rings. The first kappa shape index (κ1) is 20.1. The molecule has 0 aliphatic carbocycles. The van der Waals surface area contributed by atoms with E-state index in [1.165, 1.54) is 11.6 Å². The number of nitrogens with one attached hydrogen (secondary N) is 1. The molecule has 5 nitrogen and oxygen atoms in total. The van der Waals surface area contributed by atoms with Gasteiger partial charge in [-0.1, -0.05) is 18.2 Å². The molecule has 2 aromatic carbocycles. The maximum Gasteiger partial charge on any atom is 0.222 e. The van der Waals surface area contributed by atoms with E-state index in [1.54, 1.807) is 26.4 Å². The lowest BCUT2D eigenvalue weighted by molar-refractivity contribution is -0.132. The van der Waals surface area contributed by atoms with Crippen LogP contribution in [0.25, 0.3) is 0 Å². The Morgan fingerprint density at radius 2 is 1.86 bits per heavy atom. The Kier molecular flexibility index (Phi) is 6.87. The number of carbonyl (C=O) groups excluding carboxylic acids is 1. The van der Waals surface area contributed by atoms with E-state index in [4.69, 9.17) is 9.47 Å². The first-order valence-electron chi connectivity index (χ1n) is 9.58. The van der Waals surface area contributed by atoms with Gasteiger partial charge in [-0.05, 0) is 48.7 Å². The smallest absolute Gasteiger partial charge is 0.222 e. The van der Waals surface area contributed by atoms with Gasteiger partial charge in [-0.2, -0.15) is 0 Å². The summed E-state index contributed by atoms with van der Waals surface area (Å²) in [7, 11) is 3.24. The molecular formula is C22H27FN2O3. The molecule has 0 aromatic heterocycles. The molecule has 0 saturated carbocycles. The van der Waals surface area contributed by atoms with Crippen molar-refractivity contribution in [2.75, 3.05) is 27.3 Å². The fourth-order valence-electron chi connectivity index (χ4n) is 3.48. The number of methoxy groups -OCH3 is 2. The van der Waals surface area contributed by atoms with Crippen LogP contribution in [-0.2, 0) is 24.3 Å². The molecule has 1 aliphatic heterocycles. The molecule has 3 rings (SSSR count). The molecule has 0 saturated heterocycles. The molecule has 1 N–H and O–H groups in total. The standard InChI is InChI=1S/C22H27FN2O3/c1-27-20-12-16-9-11-25(15-18(16)13-21(20)28-2)22(26)8-5-10-24-14-17-6-3-4-7-19(17)23/h3-4,6-7,12-13,24H,5,8-11,14-15H2,1-2H3. The van der Waals surface area contributed by atoms with Crippen molar-refractivity contribution in [2.24, 2.45) is 0 Å². The van der Waals surface area contributed by atoms with Gasteiger partial charge in [0.25, 0.3) is 0 Å². The third-order valence-corrected chi connectivity index (χ3v) is 5.09. The lowest BCUT2D eigenvalue weighted by Gasteiger charge is -2.29. The highest BCUT2D eigenvalue weighted by Gasteiger charge is 2.22. The van der Waals surface area contributed by atoms with Crippen molar-refractivity contribution in [3.8, 4) is 11.5 Å². The summed E-state index contributed by atoms with van der Waals surface area (Å²) in [5, 5.41) is 3.20. The van der Waals surface area contributed by atoms with E-state index >= 15 is 0 Å². The molecule has 28 heavy (non-hydrogen) atoms. The first-order valence-corrected chi connectivity index (χ1v) is 9.58. The molecule has 1 heterocycles. The number of nitrogens with zero attached hydrogens (tertiary/aromatic N) is 1. The number of benzene rings is 2. The van der Waals surface area contributed by atoms with Crippen molar-refractivity contribution in [3.05, 3.63) is 58.9 Å². The molecule has 150 valence electrons. The third kappa shape index (κ3) is 4.81. The van der Waals surface area contributed by atoms with Crippen LogP contribution in [0.1, 0.15) is 29.5 Å². The fraction of sp³-hybridized carbons (Fsp3) is 0.409. The maximum absolute atomic E-state index is 13.6. The second-order valence-corrected chi connectivity index (χ2v) is 6.91. The summed E-state index contributed by atoms with van der Waals surface area (Å²) in [5.41, 5.74) is 2.95. The molecule has 0 radical (unpaired) electrons. The highest BCUT2D eigenvalue weighted by Crippen LogP contribution is 2.33. The zero-order chi connectivity index (χ0) is 19.9. The minimum absolute atomic E-state index is 0.146. The Balaban J connectivity index is 1.46. The van der Waals surface area contributed by atoms with E-state index in [2.05, 4.69) is 5.32 Å². The minimum atomic E-state index is -0.204. The van der Waals surface area contributed by atoms with Crippen molar-refractivity contribution >= 4 is 5.91 Å². The maximum atomic E-state index is 13.6.